The second-order valence-corrected chi connectivity index (χ2v) is 67.1. The molecule has 6 aliphatic heterocycles. The van der Waals surface area contributed by atoms with E-state index in [0.717, 1.165) is 61.7 Å². The number of nitrogens with one attached hydrogen (secondary N) is 6. The molecule has 6 aliphatic rings. The van der Waals surface area contributed by atoms with Crippen LogP contribution in [0.3, 0.4) is 0 Å². The smallest absolute Gasteiger partial charge is 0.330 e. The Labute approximate surface area is 812 Å². The summed E-state index contributed by atoms with van der Waals surface area (Å²) in [5.74, 6) is 0. The molecule has 0 aliphatic carbocycles. The first-order valence-corrected chi connectivity index (χ1v) is 64.1. The standard InChI is InChI=1S/2C17H27N2O5P.C16H27N2O5P.3C14H23N2O5P/c1-6-7-11-10-19(17(22)18-15(11)21)16-14(23-2)13(20)12(24-16)8-9-25(3,4)5;1-5-6-7-11-10-19(17(23)18-15(11)22)16-14(21)13(20)12(24-16)8-9-25(2,3)4;1-5-6-10-9-18(16(22)17-14(10)21)15-13(20)12(19)11(23-15)7-8-24(2,3)4;2*1-14(20)11(18)9(6-8-22(2,3)4)21-12(14)16-7-5-10(17)15-13(16)19;1-14(6-8-22(2,3)4)11(19)10(18)12(21-14)16-7-5-9(17)15-13(16)20/h6,10,12-14,16,20H,1,3,7-9H2,2,4-5H3,(H,18,21,22);5,10,12-14,16,20-21H,1-2,6-9H2,3-4H3,(H,18,22,23);9,11-13,15,19-20H,2,5-8H2,1,3-4H3,(H,17,21,22);2*5,7,9,11-12,18,20H,2,6,8H2,1,3-4H3,(H,15,17,19);5,7,10-12,18-19H,2,6,8H2,1,3-4H3,(H,15,17,20)/t2*12-,13-,14-,16-;11-,12-,13-,15-;9-,11-,12-,14+;9-,11-,12-,14-;10-,11+,12-,14-/m111111/s1. The predicted molar refractivity (Wildman–Crippen MR) is 561 cm³/mol. The Bertz CT molecular complexity index is 6220. The summed E-state index contributed by atoms with van der Waals surface area (Å²) < 4.78 is 47.0. The first-order valence-electron chi connectivity index (χ1n) is 45.8. The van der Waals surface area contributed by atoms with Gasteiger partial charge in [-0.15, -0.1) is 92.3 Å². The summed E-state index contributed by atoms with van der Waals surface area (Å²) in [6.45, 7) is 31.1. The lowest BCUT2D eigenvalue weighted by Gasteiger charge is -2.29. The van der Waals surface area contributed by atoms with Crippen molar-refractivity contribution in [3.63, 3.8) is 0 Å². The van der Waals surface area contributed by atoms with Crippen LogP contribution in [0.25, 0.3) is 0 Å². The molecule has 0 aromatic carbocycles. The third-order valence-electron chi connectivity index (χ3n) is 24.5. The van der Waals surface area contributed by atoms with E-state index < -0.39 is 255 Å². The maximum atomic E-state index is 12.2. The number of aryl methyl sites for hydroxylation is 2. The largest absolute Gasteiger partial charge is 0.388 e. The van der Waals surface area contributed by atoms with Gasteiger partial charge < -0.3 is 89.3 Å². The first-order chi connectivity index (χ1) is 64.5. The second-order valence-electron chi connectivity index (χ2n) is 41.2. The number of nitrogens with zero attached hydrogens (tertiary/aromatic N) is 6. The van der Waals surface area contributed by atoms with Crippen LogP contribution in [-0.2, 0) is 52.4 Å². The zero-order valence-corrected chi connectivity index (χ0v) is 88.6. The zero-order chi connectivity index (χ0) is 106. The summed E-state index contributed by atoms with van der Waals surface area (Å²) in [6, 6.07) is 3.51. The Hall–Kier alpha value is -7.36. The quantitative estimate of drug-likeness (QED) is 0.0197. The van der Waals surface area contributed by atoms with Gasteiger partial charge in [-0.1, -0.05) is 25.5 Å². The Morgan fingerprint density at radius 1 is 0.379 bits per heavy atom. The molecule has 788 valence electrons. The number of hydrogen-bond donors (Lipinski definition) is 17. The molecule has 6 saturated heterocycles. The fourth-order valence-corrected chi connectivity index (χ4v) is 22.0. The van der Waals surface area contributed by atoms with Crippen LogP contribution < -0.4 is 67.5 Å². The van der Waals surface area contributed by atoms with Crippen LogP contribution in [0.1, 0.15) is 133 Å². The Morgan fingerprint density at radius 3 is 1.03 bits per heavy atom. The van der Waals surface area contributed by atoms with Gasteiger partial charge in [-0.2, -0.15) is 0 Å². The lowest BCUT2D eigenvalue weighted by molar-refractivity contribution is -0.0975. The highest BCUT2D eigenvalue weighted by Gasteiger charge is 2.56. The van der Waals surface area contributed by atoms with Crippen LogP contribution in [0, 0.1) is 0 Å². The van der Waals surface area contributed by atoms with Crippen LogP contribution in [0.4, 0.5) is 0 Å². The second kappa shape index (κ2) is 49.2. The third-order valence-corrected chi connectivity index (χ3v) is 33.3. The highest BCUT2D eigenvalue weighted by Crippen LogP contribution is 2.48. The molecule has 0 spiro atoms. The van der Waals surface area contributed by atoms with Gasteiger partial charge in [-0.3, -0.25) is 86.1 Å². The van der Waals surface area contributed by atoms with E-state index in [-0.39, 0.29) is 0 Å². The van der Waals surface area contributed by atoms with Crippen molar-refractivity contribution in [3.8, 4) is 0 Å². The summed E-state index contributed by atoms with van der Waals surface area (Å²) >= 11 is 0. The van der Waals surface area contributed by atoms with E-state index in [1.807, 2.05) is 6.92 Å². The van der Waals surface area contributed by atoms with E-state index in [9.17, 15) is 114 Å². The van der Waals surface area contributed by atoms with Crippen molar-refractivity contribution in [2.75, 3.05) is 124 Å². The maximum absolute atomic E-state index is 12.2. The summed E-state index contributed by atoms with van der Waals surface area (Å²) in [6.07, 6.45) is 27.4. The molecule has 0 unspecified atom stereocenters. The molecule has 12 rings (SSSR count). The van der Waals surface area contributed by atoms with E-state index in [0.29, 0.717) is 80.9 Å². The molecule has 0 amide bonds. The van der Waals surface area contributed by atoms with Crippen LogP contribution in [-0.4, -0.2) is 384 Å². The molecule has 24 atom stereocenters. The number of aliphatic hydroxyl groups excluding tert-OH is 9. The minimum Gasteiger partial charge on any atom is -0.388 e. The lowest BCUT2D eigenvalue weighted by atomic mass is 9.95. The highest BCUT2D eigenvalue weighted by molar-refractivity contribution is 7.73. The molecule has 12 heterocycles. The van der Waals surface area contributed by atoms with Crippen LogP contribution in [0.2, 0.25) is 0 Å². The van der Waals surface area contributed by atoms with E-state index in [2.05, 4.69) is 161 Å². The number of rotatable bonds is 32. The number of aliphatic hydroxyl groups is 11. The molecular weight excluding hydrogens is 1940 g/mol. The van der Waals surface area contributed by atoms with Crippen molar-refractivity contribution in [2.45, 2.75) is 244 Å². The van der Waals surface area contributed by atoms with Gasteiger partial charge in [0.15, 0.2) is 37.4 Å². The molecule has 6 aromatic rings. The number of allylic oxidation sites excluding steroid dienone is 2. The third kappa shape index (κ3) is 32.6. The molecule has 42 nitrogen and oxygen atoms in total. The molecule has 17 N–H and O–H groups in total. The zero-order valence-electron chi connectivity index (χ0n) is 83.2. The minimum absolute atomic E-state index is 0.326. The van der Waals surface area contributed by atoms with Gasteiger partial charge in [-0.05, 0) is 202 Å². The maximum Gasteiger partial charge on any atom is 0.330 e. The SMILES string of the molecule is C=CCCc1cn([C@@H]2O[C@H](CCP(=C)(C)C)[C@@H](O)[C@H]2O)c(=O)[nH]c1=O.C=CCc1cn([C@@H]2O[C@H](CCP(=C)(C)C)[C@@H](O)[C@H]2OC)c(=O)[nH]c1=O.C=P(C)(C)CC[C@@]1(C)O[C@@H](n2ccc(=O)[nH]c2=O)[C@H](O)[C@@H]1O.C=P(C)(C)CC[C@H]1O[C@@H](n2cc(CCC)c(=O)[nH]c2=O)[C@H](O)[C@@H]1O.C=P(C)(C)CC[C@H]1O[C@@H](n2ccc(=O)[nH]c2=O)[C@@](C)(O)[C@@H]1O.C=P(C)(C)CC[C@H]1O[C@@H](n2ccc(=O)[nH]c2=O)[C@](C)(O)[C@@H]1O. The molecule has 6 fully saturated rings. The highest BCUT2D eigenvalue weighted by atomic mass is 31.2. The minimum atomic E-state index is -1.63. The fraction of sp³-hybridized carbons (Fsp3) is 0.630. The van der Waals surface area contributed by atoms with Gasteiger partial charge in [-0.25, -0.2) is 28.8 Å². The number of ether oxygens (including phenoxy) is 7. The predicted octanol–water partition coefficient (Wildman–Crippen LogP) is 0.155. The van der Waals surface area contributed by atoms with Crippen molar-refractivity contribution in [2.24, 2.45) is 0 Å². The summed E-state index contributed by atoms with van der Waals surface area (Å²) in [5.41, 5.74) is -9.86. The normalized spacial score (nSPS) is 29.5. The van der Waals surface area contributed by atoms with Crippen molar-refractivity contribution >= 4 is 79.1 Å². The average molecular weight is 2090 g/mol. The molecule has 6 aromatic heterocycles. The summed E-state index contributed by atoms with van der Waals surface area (Å²) in [5, 5.41) is 114. The van der Waals surface area contributed by atoms with Crippen LogP contribution >= 0.6 is 41.3 Å². The van der Waals surface area contributed by atoms with Gasteiger partial charge >= 0.3 is 34.1 Å². The lowest BCUT2D eigenvalue weighted by Crippen LogP contribution is -2.46. The number of H-pyrrole nitrogens is 6. The monoisotopic (exact) mass is 2090 g/mol. The van der Waals surface area contributed by atoms with E-state index >= 15 is 0 Å². The summed E-state index contributed by atoms with van der Waals surface area (Å²) in [7, 11) is 1.46. The summed E-state index contributed by atoms with van der Waals surface area (Å²) in [4.78, 5) is 154. The molecule has 48 heteroatoms. The molecule has 0 radical (unpaired) electrons. The number of hydrogen-bond acceptors (Lipinski definition) is 30. The van der Waals surface area contributed by atoms with Gasteiger partial charge in [0.1, 0.15) is 72.2 Å². The van der Waals surface area contributed by atoms with Crippen molar-refractivity contribution in [1.29, 1.82) is 0 Å². The van der Waals surface area contributed by atoms with Crippen LogP contribution in [0.5, 0.6) is 0 Å². The van der Waals surface area contributed by atoms with Crippen molar-refractivity contribution < 1.29 is 89.3 Å². The fourth-order valence-electron chi connectivity index (χ4n) is 16.2. The number of methoxy groups -OCH3 is 1. The van der Waals surface area contributed by atoms with Gasteiger partial charge in [0.25, 0.3) is 33.4 Å². The molecule has 0 bridgehead atoms. The average Bonchev–Trinajstić information content (AvgIpc) is 1.62. The Kier molecular flexibility index (Phi) is 42.0. The topological polar surface area (TPSA) is 616 Å². The van der Waals surface area contributed by atoms with E-state index in [4.69, 9.17) is 33.2 Å². The first kappa shape index (κ1) is 120. The van der Waals surface area contributed by atoms with Gasteiger partial charge in [0, 0.05) is 79.2 Å². The van der Waals surface area contributed by atoms with Crippen molar-refractivity contribution in [3.05, 3.63) is 222 Å². The van der Waals surface area contributed by atoms with Gasteiger partial charge in [0.05, 0.1) is 36.1 Å². The molecule has 0 saturated carbocycles. The molecule has 140 heavy (non-hydrogen) atoms. The number of aromatic nitrogens is 12. The van der Waals surface area contributed by atoms with E-state index in [1.54, 1.807) is 19.1 Å². The van der Waals surface area contributed by atoms with E-state index in [1.165, 1.54) is 85.5 Å². The molecular formula is C92H150N12O30P6. The number of aromatic amines is 6. The Morgan fingerprint density at radius 2 is 0.693 bits per heavy atom. The van der Waals surface area contributed by atoms with Gasteiger partial charge in [0.2, 0.25) is 0 Å². The Balaban J connectivity index is 0.000000229. The van der Waals surface area contributed by atoms with Crippen LogP contribution in [0.15, 0.2) is 138 Å². The van der Waals surface area contributed by atoms with Crippen molar-refractivity contribution in [1.82, 2.24) is 57.3 Å².